The minimum Gasteiger partial charge on any atom is -0.354 e. The van der Waals surface area contributed by atoms with Crippen molar-refractivity contribution < 1.29 is 0 Å². The van der Waals surface area contributed by atoms with Gasteiger partial charge in [-0.2, -0.15) is 0 Å². The fraction of sp³-hybridized carbons (Fsp3) is 0.600. The van der Waals surface area contributed by atoms with Crippen LogP contribution in [0.2, 0.25) is 0 Å². The van der Waals surface area contributed by atoms with E-state index in [0.29, 0.717) is 0 Å². The predicted molar refractivity (Wildman–Crippen MR) is 50.1 cm³/mol. The maximum Gasteiger partial charge on any atom is 0.0175 e. The second kappa shape index (κ2) is 3.31. The molecule has 2 heteroatoms. The maximum absolute atomic E-state index is 3.39. The van der Waals surface area contributed by atoms with Crippen LogP contribution in [0.25, 0.3) is 0 Å². The standard InChI is InChI=1S/C10H16N2/c1-12-6-2-3-10(12)7-9-4-5-11-8-9/h2-3,6,9,11H,4-5,7-8H2,1H3. The first-order valence-electron chi connectivity index (χ1n) is 4.67. The van der Waals surface area contributed by atoms with Gasteiger partial charge in [-0.1, -0.05) is 0 Å². The average molecular weight is 164 g/mol. The zero-order chi connectivity index (χ0) is 8.39. The second-order valence-electron chi connectivity index (χ2n) is 3.67. The summed E-state index contributed by atoms with van der Waals surface area (Å²) in [6, 6.07) is 4.34. The molecule has 0 spiro atoms. The van der Waals surface area contributed by atoms with E-state index < -0.39 is 0 Å². The highest BCUT2D eigenvalue weighted by Crippen LogP contribution is 2.14. The Morgan fingerprint density at radius 3 is 3.17 bits per heavy atom. The summed E-state index contributed by atoms with van der Waals surface area (Å²) >= 11 is 0. The first kappa shape index (κ1) is 7.87. The molecule has 0 aliphatic carbocycles. The third kappa shape index (κ3) is 1.53. The molecule has 1 atom stereocenters. The average Bonchev–Trinajstić information content (AvgIpc) is 2.65. The van der Waals surface area contributed by atoms with Crippen molar-refractivity contribution in [3.05, 3.63) is 24.0 Å². The number of hydrogen-bond donors (Lipinski definition) is 1. The van der Waals surface area contributed by atoms with E-state index in [9.17, 15) is 0 Å². The number of aryl methyl sites for hydroxylation is 1. The van der Waals surface area contributed by atoms with Crippen LogP contribution in [0.4, 0.5) is 0 Å². The molecule has 2 nitrogen and oxygen atoms in total. The minimum absolute atomic E-state index is 0.860. The highest BCUT2D eigenvalue weighted by molar-refractivity contribution is 5.07. The molecule has 0 aromatic carbocycles. The Morgan fingerprint density at radius 1 is 1.67 bits per heavy atom. The number of aromatic nitrogens is 1. The summed E-state index contributed by atoms with van der Waals surface area (Å²) in [6.45, 7) is 2.40. The summed E-state index contributed by atoms with van der Waals surface area (Å²) in [5, 5.41) is 3.39. The van der Waals surface area contributed by atoms with Crippen LogP contribution in [0.15, 0.2) is 18.3 Å². The Morgan fingerprint density at radius 2 is 2.58 bits per heavy atom. The van der Waals surface area contributed by atoms with Crippen LogP contribution in [0, 0.1) is 5.92 Å². The van der Waals surface area contributed by atoms with Crippen LogP contribution >= 0.6 is 0 Å². The summed E-state index contributed by atoms with van der Waals surface area (Å²) in [7, 11) is 2.12. The van der Waals surface area contributed by atoms with E-state index >= 15 is 0 Å². The van der Waals surface area contributed by atoms with E-state index in [0.717, 1.165) is 5.92 Å². The van der Waals surface area contributed by atoms with Gasteiger partial charge in [-0.3, -0.25) is 0 Å². The molecule has 1 unspecified atom stereocenters. The molecule has 2 heterocycles. The highest BCUT2D eigenvalue weighted by atomic mass is 14.9. The molecule has 1 aromatic rings. The second-order valence-corrected chi connectivity index (χ2v) is 3.67. The largest absolute Gasteiger partial charge is 0.354 e. The lowest BCUT2D eigenvalue weighted by Crippen LogP contribution is -2.12. The molecule has 1 aliphatic rings. The molecular formula is C10H16N2. The third-order valence-corrected chi connectivity index (χ3v) is 2.71. The maximum atomic E-state index is 3.39. The molecule has 1 aromatic heterocycles. The van der Waals surface area contributed by atoms with Crippen molar-refractivity contribution in [3.63, 3.8) is 0 Å². The molecule has 0 saturated carbocycles. The Labute approximate surface area is 73.6 Å². The highest BCUT2D eigenvalue weighted by Gasteiger charge is 2.15. The zero-order valence-corrected chi connectivity index (χ0v) is 7.59. The van der Waals surface area contributed by atoms with Gasteiger partial charge in [-0.05, 0) is 44.0 Å². The van der Waals surface area contributed by atoms with Gasteiger partial charge >= 0.3 is 0 Å². The van der Waals surface area contributed by atoms with Gasteiger partial charge in [0.1, 0.15) is 0 Å². The van der Waals surface area contributed by atoms with Crippen molar-refractivity contribution in [1.82, 2.24) is 9.88 Å². The van der Waals surface area contributed by atoms with E-state index in [1.54, 1.807) is 0 Å². The Bertz CT molecular complexity index is 246. The van der Waals surface area contributed by atoms with E-state index in [1.165, 1.54) is 31.6 Å². The SMILES string of the molecule is Cn1cccc1CC1CCNC1. The molecule has 0 radical (unpaired) electrons. The van der Waals surface area contributed by atoms with Crippen LogP contribution in [-0.4, -0.2) is 17.7 Å². The van der Waals surface area contributed by atoms with Gasteiger partial charge in [0.05, 0.1) is 0 Å². The quantitative estimate of drug-likeness (QED) is 0.694. The first-order valence-corrected chi connectivity index (χ1v) is 4.67. The van der Waals surface area contributed by atoms with Gasteiger partial charge in [0.2, 0.25) is 0 Å². The van der Waals surface area contributed by atoms with Gasteiger partial charge in [0.25, 0.3) is 0 Å². The number of rotatable bonds is 2. The molecule has 0 amide bonds. The van der Waals surface area contributed by atoms with E-state index in [4.69, 9.17) is 0 Å². The van der Waals surface area contributed by atoms with Gasteiger partial charge < -0.3 is 9.88 Å². The van der Waals surface area contributed by atoms with Crippen molar-refractivity contribution in [2.45, 2.75) is 12.8 Å². The van der Waals surface area contributed by atoms with Crippen LogP contribution in [-0.2, 0) is 13.5 Å². The van der Waals surface area contributed by atoms with Crippen LogP contribution in [0.3, 0.4) is 0 Å². The van der Waals surface area contributed by atoms with Gasteiger partial charge in [0, 0.05) is 18.9 Å². The predicted octanol–water partition coefficient (Wildman–Crippen LogP) is 1.18. The lowest BCUT2D eigenvalue weighted by molar-refractivity contribution is 0.560. The normalized spacial score (nSPS) is 23.2. The number of hydrogen-bond acceptors (Lipinski definition) is 1. The van der Waals surface area contributed by atoms with Crippen LogP contribution < -0.4 is 5.32 Å². The molecule has 66 valence electrons. The number of nitrogens with zero attached hydrogens (tertiary/aromatic N) is 1. The monoisotopic (exact) mass is 164 g/mol. The molecule has 1 saturated heterocycles. The summed E-state index contributed by atoms with van der Waals surface area (Å²) in [5.41, 5.74) is 1.46. The fourth-order valence-corrected chi connectivity index (χ4v) is 1.89. The van der Waals surface area contributed by atoms with E-state index in [2.05, 4.69) is 35.3 Å². The van der Waals surface area contributed by atoms with Crippen molar-refractivity contribution in [3.8, 4) is 0 Å². The number of nitrogens with one attached hydrogen (secondary N) is 1. The Kier molecular flexibility index (Phi) is 2.17. The summed E-state index contributed by atoms with van der Waals surface area (Å²) < 4.78 is 2.22. The smallest absolute Gasteiger partial charge is 0.0175 e. The minimum atomic E-state index is 0.860. The Hall–Kier alpha value is -0.760. The van der Waals surface area contributed by atoms with E-state index in [-0.39, 0.29) is 0 Å². The first-order chi connectivity index (χ1) is 5.86. The molecule has 1 N–H and O–H groups in total. The summed E-state index contributed by atoms with van der Waals surface area (Å²) in [5.74, 6) is 0.860. The molecular weight excluding hydrogens is 148 g/mol. The van der Waals surface area contributed by atoms with E-state index in [1.807, 2.05) is 0 Å². The molecule has 1 fully saturated rings. The van der Waals surface area contributed by atoms with Gasteiger partial charge in [-0.15, -0.1) is 0 Å². The molecule has 12 heavy (non-hydrogen) atoms. The molecule has 1 aliphatic heterocycles. The lowest BCUT2D eigenvalue weighted by Gasteiger charge is -2.08. The van der Waals surface area contributed by atoms with Crippen LogP contribution in [0.5, 0.6) is 0 Å². The topological polar surface area (TPSA) is 17.0 Å². The van der Waals surface area contributed by atoms with Gasteiger partial charge in [-0.25, -0.2) is 0 Å². The summed E-state index contributed by atoms with van der Waals surface area (Å²) in [6.07, 6.45) is 4.69. The van der Waals surface area contributed by atoms with Crippen molar-refractivity contribution in [2.75, 3.05) is 13.1 Å². The molecule has 2 rings (SSSR count). The van der Waals surface area contributed by atoms with Crippen LogP contribution in [0.1, 0.15) is 12.1 Å². The van der Waals surface area contributed by atoms with Crippen molar-refractivity contribution in [2.24, 2.45) is 13.0 Å². The lowest BCUT2D eigenvalue weighted by atomic mass is 10.0. The van der Waals surface area contributed by atoms with Crippen molar-refractivity contribution >= 4 is 0 Å². The van der Waals surface area contributed by atoms with Crippen molar-refractivity contribution in [1.29, 1.82) is 0 Å². The molecule has 0 bridgehead atoms. The fourth-order valence-electron chi connectivity index (χ4n) is 1.89. The third-order valence-electron chi connectivity index (χ3n) is 2.71. The summed E-state index contributed by atoms with van der Waals surface area (Å²) in [4.78, 5) is 0. The van der Waals surface area contributed by atoms with Gasteiger partial charge in [0.15, 0.2) is 0 Å². The zero-order valence-electron chi connectivity index (χ0n) is 7.59. The Balaban J connectivity index is 1.98.